The molecule has 0 amide bonds. The van der Waals surface area contributed by atoms with Gasteiger partial charge >= 0.3 is 0 Å². The van der Waals surface area contributed by atoms with Gasteiger partial charge in [0.2, 0.25) is 0 Å². The van der Waals surface area contributed by atoms with Gasteiger partial charge in [-0.3, -0.25) is 0 Å². The van der Waals surface area contributed by atoms with Crippen LogP contribution >= 0.6 is 0 Å². The molecule has 106 valence electrons. The SMILES string of the molecule is CC(C)S(=O)(=O)CCN1CCC(C(N)=NO)CC1. The molecule has 1 fully saturated rings. The normalized spacial score (nSPS) is 20.5. The maximum Gasteiger partial charge on any atom is 0.153 e. The number of likely N-dealkylation sites (tertiary alicyclic amines) is 1. The van der Waals surface area contributed by atoms with Gasteiger partial charge in [-0.1, -0.05) is 5.16 Å². The smallest absolute Gasteiger partial charge is 0.153 e. The third kappa shape index (κ3) is 4.13. The van der Waals surface area contributed by atoms with E-state index in [1.807, 2.05) is 0 Å². The Bertz CT molecular complexity index is 384. The Morgan fingerprint density at radius 3 is 2.44 bits per heavy atom. The molecular weight excluding hydrogens is 254 g/mol. The maximum atomic E-state index is 11.7. The second-order valence-corrected chi connectivity index (χ2v) is 7.73. The Morgan fingerprint density at radius 2 is 2.00 bits per heavy atom. The van der Waals surface area contributed by atoms with Crippen molar-refractivity contribution in [3.05, 3.63) is 0 Å². The number of sulfone groups is 1. The van der Waals surface area contributed by atoms with Crippen LogP contribution in [0.25, 0.3) is 0 Å². The fraction of sp³-hybridized carbons (Fsp3) is 0.909. The van der Waals surface area contributed by atoms with Crippen molar-refractivity contribution in [2.45, 2.75) is 31.9 Å². The lowest BCUT2D eigenvalue weighted by atomic mass is 9.96. The molecule has 3 N–H and O–H groups in total. The van der Waals surface area contributed by atoms with E-state index in [1.54, 1.807) is 13.8 Å². The average Bonchev–Trinajstić information content (AvgIpc) is 2.36. The minimum absolute atomic E-state index is 0.118. The Kier molecular flexibility index (Phi) is 5.40. The van der Waals surface area contributed by atoms with E-state index in [0.717, 1.165) is 25.9 Å². The number of nitrogens with zero attached hydrogens (tertiary/aromatic N) is 2. The third-order valence-electron chi connectivity index (χ3n) is 3.53. The molecule has 0 aromatic rings. The highest BCUT2D eigenvalue weighted by molar-refractivity contribution is 7.92. The van der Waals surface area contributed by atoms with E-state index >= 15 is 0 Å². The van der Waals surface area contributed by atoms with Gasteiger partial charge in [-0.25, -0.2) is 8.42 Å². The lowest BCUT2D eigenvalue weighted by Gasteiger charge is -2.31. The molecule has 1 rings (SSSR count). The fourth-order valence-electron chi connectivity index (χ4n) is 2.03. The molecular formula is C11H23N3O3S. The summed E-state index contributed by atoms with van der Waals surface area (Å²) in [6.45, 7) is 5.59. The molecule has 0 radical (unpaired) electrons. The van der Waals surface area contributed by atoms with Gasteiger partial charge in [0, 0.05) is 12.5 Å². The first-order valence-corrected chi connectivity index (χ1v) is 7.99. The highest BCUT2D eigenvalue weighted by Crippen LogP contribution is 2.17. The second kappa shape index (κ2) is 6.38. The van der Waals surface area contributed by atoms with E-state index in [2.05, 4.69) is 10.1 Å². The minimum atomic E-state index is -2.96. The summed E-state index contributed by atoms with van der Waals surface area (Å²) in [5.41, 5.74) is 5.56. The van der Waals surface area contributed by atoms with Crippen LogP contribution in [-0.4, -0.2) is 55.0 Å². The van der Waals surface area contributed by atoms with E-state index in [1.165, 1.54) is 0 Å². The molecule has 0 aliphatic carbocycles. The number of nitrogens with two attached hydrogens (primary N) is 1. The van der Waals surface area contributed by atoms with Crippen molar-refractivity contribution in [2.75, 3.05) is 25.4 Å². The number of rotatable bonds is 5. The van der Waals surface area contributed by atoms with Crippen molar-refractivity contribution in [1.29, 1.82) is 0 Å². The Morgan fingerprint density at radius 1 is 1.44 bits per heavy atom. The zero-order valence-electron chi connectivity index (χ0n) is 11.0. The fourth-order valence-corrected chi connectivity index (χ4v) is 3.01. The molecule has 0 aromatic carbocycles. The lowest BCUT2D eigenvalue weighted by Crippen LogP contribution is -2.41. The van der Waals surface area contributed by atoms with Gasteiger partial charge in [-0.2, -0.15) is 0 Å². The zero-order valence-corrected chi connectivity index (χ0v) is 11.9. The Balaban J connectivity index is 2.37. The second-order valence-electron chi connectivity index (χ2n) is 5.06. The van der Waals surface area contributed by atoms with Gasteiger partial charge in [-0.15, -0.1) is 0 Å². The van der Waals surface area contributed by atoms with E-state index in [0.29, 0.717) is 6.54 Å². The van der Waals surface area contributed by atoms with Gasteiger partial charge in [-0.05, 0) is 39.8 Å². The van der Waals surface area contributed by atoms with Crippen LogP contribution in [0.5, 0.6) is 0 Å². The molecule has 0 unspecified atom stereocenters. The molecule has 0 spiro atoms. The average molecular weight is 277 g/mol. The van der Waals surface area contributed by atoms with Crippen LogP contribution in [0.1, 0.15) is 26.7 Å². The van der Waals surface area contributed by atoms with Gasteiger partial charge < -0.3 is 15.8 Å². The van der Waals surface area contributed by atoms with Crippen LogP contribution < -0.4 is 5.73 Å². The number of amidine groups is 1. The maximum absolute atomic E-state index is 11.7. The molecule has 1 aliphatic rings. The molecule has 7 heteroatoms. The van der Waals surface area contributed by atoms with Crippen LogP contribution in [0.3, 0.4) is 0 Å². The predicted octanol–water partition coefficient (Wildman–Crippen LogP) is 0.268. The van der Waals surface area contributed by atoms with Gasteiger partial charge in [0.1, 0.15) is 5.84 Å². The first kappa shape index (κ1) is 15.2. The van der Waals surface area contributed by atoms with Gasteiger partial charge in [0.15, 0.2) is 9.84 Å². The standard InChI is InChI=1S/C11H23N3O3S/c1-9(2)18(16,17)8-7-14-5-3-10(4-6-14)11(12)13-15/h9-10,15H,3-8H2,1-2H3,(H2,12,13). The molecule has 0 saturated carbocycles. The summed E-state index contributed by atoms with van der Waals surface area (Å²) in [5.74, 6) is 0.608. The molecule has 18 heavy (non-hydrogen) atoms. The van der Waals surface area contributed by atoms with Crippen LogP contribution in [-0.2, 0) is 9.84 Å². The Hall–Kier alpha value is -0.820. The van der Waals surface area contributed by atoms with Crippen LogP contribution in [0.2, 0.25) is 0 Å². The molecule has 0 aromatic heterocycles. The molecule has 0 atom stereocenters. The topological polar surface area (TPSA) is 96.0 Å². The molecule has 0 bridgehead atoms. The van der Waals surface area contributed by atoms with Crippen molar-refractivity contribution in [1.82, 2.24) is 4.90 Å². The monoisotopic (exact) mass is 277 g/mol. The summed E-state index contributed by atoms with van der Waals surface area (Å²) in [5, 5.41) is 11.3. The molecule has 6 nitrogen and oxygen atoms in total. The van der Waals surface area contributed by atoms with Crippen molar-refractivity contribution in [3.63, 3.8) is 0 Å². The summed E-state index contributed by atoms with van der Waals surface area (Å²) in [7, 11) is -2.96. The van der Waals surface area contributed by atoms with Crippen LogP contribution in [0, 0.1) is 5.92 Å². The summed E-state index contributed by atoms with van der Waals surface area (Å²) in [4.78, 5) is 2.13. The lowest BCUT2D eigenvalue weighted by molar-refractivity contribution is 0.216. The minimum Gasteiger partial charge on any atom is -0.409 e. The van der Waals surface area contributed by atoms with Crippen molar-refractivity contribution in [3.8, 4) is 0 Å². The van der Waals surface area contributed by atoms with E-state index in [9.17, 15) is 8.42 Å². The van der Waals surface area contributed by atoms with Gasteiger partial charge in [0.05, 0.1) is 11.0 Å². The summed E-state index contributed by atoms with van der Waals surface area (Å²) in [6, 6.07) is 0. The largest absolute Gasteiger partial charge is 0.409 e. The van der Waals surface area contributed by atoms with Crippen LogP contribution in [0.15, 0.2) is 5.16 Å². The van der Waals surface area contributed by atoms with Gasteiger partial charge in [0.25, 0.3) is 0 Å². The third-order valence-corrected chi connectivity index (χ3v) is 5.72. The van der Waals surface area contributed by atoms with E-state index in [4.69, 9.17) is 10.9 Å². The van der Waals surface area contributed by atoms with Crippen LogP contribution in [0.4, 0.5) is 0 Å². The number of hydrogen-bond donors (Lipinski definition) is 2. The quantitative estimate of drug-likeness (QED) is 0.325. The van der Waals surface area contributed by atoms with Crippen molar-refractivity contribution >= 4 is 15.7 Å². The molecule has 1 aliphatic heterocycles. The van der Waals surface area contributed by atoms with E-state index in [-0.39, 0.29) is 22.8 Å². The molecule has 1 heterocycles. The first-order chi connectivity index (χ1) is 8.36. The summed E-state index contributed by atoms with van der Waals surface area (Å²) >= 11 is 0. The highest BCUT2D eigenvalue weighted by atomic mass is 32.2. The van der Waals surface area contributed by atoms with E-state index < -0.39 is 9.84 Å². The number of hydrogen-bond acceptors (Lipinski definition) is 5. The highest BCUT2D eigenvalue weighted by Gasteiger charge is 2.24. The summed E-state index contributed by atoms with van der Waals surface area (Å²) in [6.07, 6.45) is 1.63. The zero-order chi connectivity index (χ0) is 13.8. The predicted molar refractivity (Wildman–Crippen MR) is 71.5 cm³/mol. The van der Waals surface area contributed by atoms with Crippen molar-refractivity contribution < 1.29 is 13.6 Å². The summed E-state index contributed by atoms with van der Waals surface area (Å²) < 4.78 is 23.4. The number of piperidine rings is 1. The number of oxime groups is 1. The Labute approximate surface area is 109 Å². The first-order valence-electron chi connectivity index (χ1n) is 6.28. The van der Waals surface area contributed by atoms with Crippen molar-refractivity contribution in [2.24, 2.45) is 16.8 Å². The molecule has 1 saturated heterocycles.